The van der Waals surface area contributed by atoms with Crippen LogP contribution in [0.15, 0.2) is 34.9 Å². The molecule has 18 heavy (non-hydrogen) atoms. The summed E-state index contributed by atoms with van der Waals surface area (Å²) in [6.07, 6.45) is 2.01. The molecule has 0 aliphatic rings. The number of aromatic nitrogens is 2. The summed E-state index contributed by atoms with van der Waals surface area (Å²) < 4.78 is 8.21. The summed E-state index contributed by atoms with van der Waals surface area (Å²) in [7, 11) is 1.70. The molecule has 96 valence electrons. The lowest BCUT2D eigenvalue weighted by Crippen LogP contribution is -2.07. The van der Waals surface area contributed by atoms with Gasteiger partial charge in [0.1, 0.15) is 0 Å². The van der Waals surface area contributed by atoms with Gasteiger partial charge < -0.3 is 14.6 Å². The Labute approximate surface area is 115 Å². The third-order valence-electron chi connectivity index (χ3n) is 2.53. The predicted molar refractivity (Wildman–Crippen MR) is 76.3 cm³/mol. The Kier molecular flexibility index (Phi) is 4.38. The van der Waals surface area contributed by atoms with Crippen LogP contribution in [0.4, 0.5) is 11.6 Å². The molecule has 4 nitrogen and oxygen atoms in total. The molecule has 1 heterocycles. The third kappa shape index (κ3) is 3.34. The van der Waals surface area contributed by atoms with Crippen LogP contribution >= 0.6 is 15.9 Å². The highest BCUT2D eigenvalue weighted by Crippen LogP contribution is 2.19. The summed E-state index contributed by atoms with van der Waals surface area (Å²) in [6.45, 7) is 3.44. The number of anilines is 2. The zero-order valence-electron chi connectivity index (χ0n) is 10.5. The van der Waals surface area contributed by atoms with Gasteiger partial charge in [0, 0.05) is 30.0 Å². The summed E-state index contributed by atoms with van der Waals surface area (Å²) in [5.41, 5.74) is 2.01. The van der Waals surface area contributed by atoms with Crippen LogP contribution in [0.3, 0.4) is 0 Å². The molecule has 1 aromatic heterocycles. The Balaban J connectivity index is 2.14. The van der Waals surface area contributed by atoms with Gasteiger partial charge in [0.25, 0.3) is 0 Å². The number of imidazole rings is 1. The van der Waals surface area contributed by atoms with Crippen LogP contribution < -0.4 is 5.32 Å². The van der Waals surface area contributed by atoms with Crippen molar-refractivity contribution in [3.05, 3.63) is 40.6 Å². The topological polar surface area (TPSA) is 39.1 Å². The fourth-order valence-corrected chi connectivity index (χ4v) is 1.93. The molecule has 5 heteroatoms. The van der Waals surface area contributed by atoms with Gasteiger partial charge in [0.2, 0.25) is 5.95 Å². The van der Waals surface area contributed by atoms with Crippen LogP contribution in [0.1, 0.15) is 5.69 Å². The van der Waals surface area contributed by atoms with Crippen molar-refractivity contribution < 1.29 is 4.74 Å². The fraction of sp³-hybridized carbons (Fsp3) is 0.308. The SMILES string of the molecule is COCCn1cc(C)nc1Nc1ccc(Br)cc1. The molecule has 0 saturated heterocycles. The monoisotopic (exact) mass is 309 g/mol. The number of aryl methyl sites for hydroxylation is 1. The number of nitrogens with one attached hydrogen (secondary N) is 1. The van der Waals surface area contributed by atoms with Gasteiger partial charge in [-0.3, -0.25) is 0 Å². The molecular formula is C13H16BrN3O. The molecule has 0 fully saturated rings. The van der Waals surface area contributed by atoms with E-state index in [0.29, 0.717) is 6.61 Å². The lowest BCUT2D eigenvalue weighted by Gasteiger charge is -2.09. The van der Waals surface area contributed by atoms with Crippen molar-refractivity contribution in [1.82, 2.24) is 9.55 Å². The van der Waals surface area contributed by atoms with Crippen molar-refractivity contribution in [1.29, 1.82) is 0 Å². The smallest absolute Gasteiger partial charge is 0.207 e. The minimum atomic E-state index is 0.671. The van der Waals surface area contributed by atoms with Crippen molar-refractivity contribution >= 4 is 27.6 Å². The van der Waals surface area contributed by atoms with E-state index in [1.165, 1.54) is 0 Å². The molecule has 0 unspecified atom stereocenters. The molecule has 0 aliphatic carbocycles. The maximum atomic E-state index is 5.09. The lowest BCUT2D eigenvalue weighted by atomic mass is 10.3. The number of hydrogen-bond donors (Lipinski definition) is 1. The summed E-state index contributed by atoms with van der Waals surface area (Å²) in [5.74, 6) is 0.840. The van der Waals surface area contributed by atoms with Gasteiger partial charge in [-0.05, 0) is 31.2 Å². The molecule has 0 saturated carbocycles. The summed E-state index contributed by atoms with van der Waals surface area (Å²) in [4.78, 5) is 4.47. The van der Waals surface area contributed by atoms with Gasteiger partial charge in [-0.15, -0.1) is 0 Å². The van der Waals surface area contributed by atoms with E-state index in [1.807, 2.05) is 37.4 Å². The molecule has 1 N–H and O–H groups in total. The molecule has 2 rings (SSSR count). The van der Waals surface area contributed by atoms with Crippen LogP contribution in [-0.4, -0.2) is 23.3 Å². The lowest BCUT2D eigenvalue weighted by molar-refractivity contribution is 0.188. The second kappa shape index (κ2) is 6.02. The first-order valence-electron chi connectivity index (χ1n) is 5.74. The van der Waals surface area contributed by atoms with E-state index < -0.39 is 0 Å². The van der Waals surface area contributed by atoms with Crippen LogP contribution in [0.5, 0.6) is 0 Å². The van der Waals surface area contributed by atoms with E-state index in [4.69, 9.17) is 4.74 Å². The number of nitrogens with zero attached hydrogens (tertiary/aromatic N) is 2. The van der Waals surface area contributed by atoms with Gasteiger partial charge in [-0.25, -0.2) is 4.98 Å². The van der Waals surface area contributed by atoms with E-state index in [1.54, 1.807) is 7.11 Å². The van der Waals surface area contributed by atoms with E-state index in [0.717, 1.165) is 28.3 Å². The number of benzene rings is 1. The van der Waals surface area contributed by atoms with Crippen molar-refractivity contribution in [2.24, 2.45) is 0 Å². The molecule has 0 aliphatic heterocycles. The number of rotatable bonds is 5. The van der Waals surface area contributed by atoms with Crippen LogP contribution in [-0.2, 0) is 11.3 Å². The average molecular weight is 310 g/mol. The number of halogens is 1. The molecule has 1 aromatic carbocycles. The second-order valence-corrected chi connectivity index (χ2v) is 4.94. The van der Waals surface area contributed by atoms with Crippen molar-refractivity contribution in [2.45, 2.75) is 13.5 Å². The highest BCUT2D eigenvalue weighted by Gasteiger charge is 2.05. The van der Waals surface area contributed by atoms with Gasteiger partial charge in [0.15, 0.2) is 0 Å². The Morgan fingerprint density at radius 1 is 1.33 bits per heavy atom. The third-order valence-corrected chi connectivity index (χ3v) is 3.06. The zero-order chi connectivity index (χ0) is 13.0. The second-order valence-electron chi connectivity index (χ2n) is 4.02. The summed E-state index contributed by atoms with van der Waals surface area (Å²) in [6, 6.07) is 8.01. The van der Waals surface area contributed by atoms with Crippen molar-refractivity contribution in [3.63, 3.8) is 0 Å². The van der Waals surface area contributed by atoms with Crippen LogP contribution in [0.25, 0.3) is 0 Å². The Hall–Kier alpha value is -1.33. The first-order valence-corrected chi connectivity index (χ1v) is 6.53. The van der Waals surface area contributed by atoms with Gasteiger partial charge in [0.05, 0.1) is 12.3 Å². The molecule has 0 atom stereocenters. The van der Waals surface area contributed by atoms with E-state index in [-0.39, 0.29) is 0 Å². The van der Waals surface area contributed by atoms with E-state index >= 15 is 0 Å². The molecule has 0 bridgehead atoms. The summed E-state index contributed by atoms with van der Waals surface area (Å²) in [5, 5.41) is 3.30. The normalized spacial score (nSPS) is 10.6. The van der Waals surface area contributed by atoms with E-state index in [9.17, 15) is 0 Å². The quantitative estimate of drug-likeness (QED) is 0.920. The average Bonchev–Trinajstić information content (AvgIpc) is 2.70. The maximum Gasteiger partial charge on any atom is 0.207 e. The molecule has 0 spiro atoms. The zero-order valence-corrected chi connectivity index (χ0v) is 12.1. The highest BCUT2D eigenvalue weighted by atomic mass is 79.9. The Morgan fingerprint density at radius 2 is 2.06 bits per heavy atom. The maximum absolute atomic E-state index is 5.09. The molecule has 0 radical (unpaired) electrons. The standard InChI is InChI=1S/C13H16BrN3O/c1-10-9-17(7-8-18-2)13(15-10)16-12-5-3-11(14)4-6-12/h3-6,9H,7-8H2,1-2H3,(H,15,16). The van der Waals surface area contributed by atoms with Gasteiger partial charge >= 0.3 is 0 Å². The minimum absolute atomic E-state index is 0.671. The van der Waals surface area contributed by atoms with Crippen molar-refractivity contribution in [3.8, 4) is 0 Å². The molecular weight excluding hydrogens is 294 g/mol. The Bertz CT molecular complexity index is 507. The fourth-order valence-electron chi connectivity index (χ4n) is 1.67. The number of ether oxygens (including phenoxy) is 1. The van der Waals surface area contributed by atoms with Gasteiger partial charge in [-0.1, -0.05) is 15.9 Å². The number of hydrogen-bond acceptors (Lipinski definition) is 3. The van der Waals surface area contributed by atoms with Crippen molar-refractivity contribution in [2.75, 3.05) is 19.0 Å². The first kappa shape index (κ1) is 13.1. The largest absolute Gasteiger partial charge is 0.383 e. The van der Waals surface area contributed by atoms with Crippen LogP contribution in [0.2, 0.25) is 0 Å². The number of methoxy groups -OCH3 is 1. The first-order chi connectivity index (χ1) is 8.69. The van der Waals surface area contributed by atoms with E-state index in [2.05, 4.69) is 30.8 Å². The predicted octanol–water partition coefficient (Wildman–Crippen LogP) is 3.34. The molecule has 0 amide bonds. The van der Waals surface area contributed by atoms with Crippen LogP contribution in [0, 0.1) is 6.92 Å². The summed E-state index contributed by atoms with van der Waals surface area (Å²) >= 11 is 3.42. The Morgan fingerprint density at radius 3 is 2.72 bits per heavy atom. The minimum Gasteiger partial charge on any atom is -0.383 e. The molecule has 2 aromatic rings. The highest BCUT2D eigenvalue weighted by molar-refractivity contribution is 9.10. The van der Waals surface area contributed by atoms with Gasteiger partial charge in [-0.2, -0.15) is 0 Å².